The van der Waals surface area contributed by atoms with Crippen LogP contribution in [-0.2, 0) is 4.79 Å². The van der Waals surface area contributed by atoms with Gasteiger partial charge in [-0.2, -0.15) is 0 Å². The van der Waals surface area contributed by atoms with Crippen LogP contribution < -0.4 is 4.90 Å². The number of carboxylic acid groups (broad SMARTS) is 1. The Morgan fingerprint density at radius 1 is 1.45 bits per heavy atom. The smallest absolute Gasteiger partial charge is 0.328 e. The van der Waals surface area contributed by atoms with Crippen molar-refractivity contribution < 1.29 is 14.3 Å². The molecule has 4 heteroatoms. The fourth-order valence-electron chi connectivity index (χ4n) is 1.93. The second kappa shape index (κ2) is 6.37. The molecule has 0 radical (unpaired) electrons. The van der Waals surface area contributed by atoms with Crippen LogP contribution in [0.1, 0.15) is 26.3 Å². The Bertz CT molecular complexity index is 530. The molecule has 0 aliphatic heterocycles. The number of aliphatic carboxylic acids is 1. The zero-order valence-corrected chi connectivity index (χ0v) is 12.1. The van der Waals surface area contributed by atoms with E-state index >= 15 is 0 Å². The first-order chi connectivity index (χ1) is 9.25. The summed E-state index contributed by atoms with van der Waals surface area (Å²) in [6.07, 6.45) is 4.18. The molecule has 0 unspecified atom stereocenters. The van der Waals surface area contributed by atoms with E-state index in [4.69, 9.17) is 5.11 Å². The number of hydrogen-bond donors (Lipinski definition) is 1. The minimum atomic E-state index is -1.06. The van der Waals surface area contributed by atoms with E-state index in [0.29, 0.717) is 12.1 Å². The van der Waals surface area contributed by atoms with Gasteiger partial charge in [0.2, 0.25) is 0 Å². The number of hydrogen-bond acceptors (Lipinski definition) is 2. The van der Waals surface area contributed by atoms with E-state index in [9.17, 15) is 9.18 Å². The Morgan fingerprint density at radius 3 is 2.60 bits per heavy atom. The van der Waals surface area contributed by atoms with Crippen LogP contribution >= 0.6 is 0 Å². The van der Waals surface area contributed by atoms with Gasteiger partial charge in [-0.1, -0.05) is 6.08 Å². The number of rotatable bonds is 5. The average molecular weight is 277 g/mol. The van der Waals surface area contributed by atoms with Gasteiger partial charge in [0.05, 0.1) is 0 Å². The van der Waals surface area contributed by atoms with Gasteiger partial charge < -0.3 is 10.0 Å². The van der Waals surface area contributed by atoms with E-state index in [2.05, 4.69) is 6.58 Å². The molecule has 0 saturated heterocycles. The van der Waals surface area contributed by atoms with Crippen LogP contribution in [0.4, 0.5) is 10.1 Å². The normalized spacial score (nSPS) is 11.6. The maximum atomic E-state index is 13.4. The van der Waals surface area contributed by atoms with Gasteiger partial charge in [-0.05, 0) is 45.0 Å². The first-order valence-corrected chi connectivity index (χ1v) is 6.35. The molecule has 108 valence electrons. The Morgan fingerprint density at radius 2 is 2.10 bits per heavy atom. The lowest BCUT2D eigenvalue weighted by molar-refractivity contribution is -0.131. The second-order valence-electron chi connectivity index (χ2n) is 5.44. The van der Waals surface area contributed by atoms with Gasteiger partial charge >= 0.3 is 5.97 Å². The maximum Gasteiger partial charge on any atom is 0.328 e. The van der Waals surface area contributed by atoms with E-state index in [1.807, 2.05) is 25.7 Å². The predicted molar refractivity (Wildman–Crippen MR) is 80.4 cm³/mol. The largest absolute Gasteiger partial charge is 0.478 e. The van der Waals surface area contributed by atoms with Crippen LogP contribution in [0.25, 0.3) is 6.08 Å². The molecule has 20 heavy (non-hydrogen) atoms. The van der Waals surface area contributed by atoms with Crippen molar-refractivity contribution in [2.75, 3.05) is 11.4 Å². The molecule has 1 aromatic carbocycles. The molecule has 1 aromatic rings. The minimum Gasteiger partial charge on any atom is -0.478 e. The van der Waals surface area contributed by atoms with Gasteiger partial charge in [0, 0.05) is 29.4 Å². The zero-order valence-electron chi connectivity index (χ0n) is 12.1. The molecule has 0 aliphatic rings. The zero-order chi connectivity index (χ0) is 15.3. The molecule has 0 atom stereocenters. The Balaban J connectivity index is 3.33. The standard InChI is InChI=1S/C16H20FNO2/c1-5-10-18(16(2,3)4)14-8-7-13(17)11-12(14)6-9-15(19)20/h5-9,11H,1,10H2,2-4H3,(H,19,20)/b9-6+. The highest BCUT2D eigenvalue weighted by Gasteiger charge is 2.22. The molecule has 3 nitrogen and oxygen atoms in total. The molecule has 0 saturated carbocycles. The molecule has 1 rings (SSSR count). The van der Waals surface area contributed by atoms with Gasteiger partial charge in [0.1, 0.15) is 5.82 Å². The molecule has 0 aliphatic carbocycles. The first kappa shape index (κ1) is 16.0. The number of carboxylic acids is 1. The molecule has 0 aromatic heterocycles. The van der Waals surface area contributed by atoms with Crippen LogP contribution in [0, 0.1) is 5.82 Å². The topological polar surface area (TPSA) is 40.5 Å². The summed E-state index contributed by atoms with van der Waals surface area (Å²) in [5.74, 6) is -1.46. The van der Waals surface area contributed by atoms with Gasteiger partial charge in [-0.25, -0.2) is 9.18 Å². The molecule has 0 heterocycles. The molecular formula is C16H20FNO2. The molecule has 0 spiro atoms. The average Bonchev–Trinajstić information content (AvgIpc) is 2.33. The Hall–Kier alpha value is -2.10. The highest BCUT2D eigenvalue weighted by Crippen LogP contribution is 2.29. The highest BCUT2D eigenvalue weighted by atomic mass is 19.1. The van der Waals surface area contributed by atoms with Crippen molar-refractivity contribution in [1.29, 1.82) is 0 Å². The second-order valence-corrected chi connectivity index (χ2v) is 5.44. The number of carbonyl (C=O) groups is 1. The van der Waals surface area contributed by atoms with E-state index < -0.39 is 11.8 Å². The van der Waals surface area contributed by atoms with E-state index in [1.165, 1.54) is 18.2 Å². The lowest BCUT2D eigenvalue weighted by Gasteiger charge is -2.38. The van der Waals surface area contributed by atoms with Gasteiger partial charge in [0.15, 0.2) is 0 Å². The lowest BCUT2D eigenvalue weighted by atomic mass is 10.0. The number of anilines is 1. The Labute approximate surface area is 119 Å². The quantitative estimate of drug-likeness (QED) is 0.659. The highest BCUT2D eigenvalue weighted by molar-refractivity contribution is 5.87. The summed E-state index contributed by atoms with van der Waals surface area (Å²) in [5.41, 5.74) is 1.11. The third-order valence-corrected chi connectivity index (χ3v) is 2.81. The fraction of sp³-hybridized carbons (Fsp3) is 0.312. The Kier molecular flexibility index (Phi) is 5.08. The summed E-state index contributed by atoms with van der Waals surface area (Å²) in [7, 11) is 0. The van der Waals surface area contributed by atoms with E-state index in [0.717, 1.165) is 11.8 Å². The summed E-state index contributed by atoms with van der Waals surface area (Å²) >= 11 is 0. The molecule has 1 N–H and O–H groups in total. The van der Waals surface area contributed by atoms with Gasteiger partial charge in [0.25, 0.3) is 0 Å². The van der Waals surface area contributed by atoms with Gasteiger partial charge in [-0.3, -0.25) is 0 Å². The number of benzene rings is 1. The molecule has 0 amide bonds. The molecule has 0 bridgehead atoms. The van der Waals surface area contributed by atoms with Crippen molar-refractivity contribution in [3.05, 3.63) is 48.3 Å². The number of nitrogens with zero attached hydrogens (tertiary/aromatic N) is 1. The summed E-state index contributed by atoms with van der Waals surface area (Å²) in [6, 6.07) is 4.36. The summed E-state index contributed by atoms with van der Waals surface area (Å²) in [6.45, 7) is 10.4. The lowest BCUT2D eigenvalue weighted by Crippen LogP contribution is -2.42. The predicted octanol–water partition coefficient (Wildman–Crippen LogP) is 3.71. The minimum absolute atomic E-state index is 0.197. The maximum absolute atomic E-state index is 13.4. The van der Waals surface area contributed by atoms with Crippen molar-refractivity contribution in [3.8, 4) is 0 Å². The third-order valence-electron chi connectivity index (χ3n) is 2.81. The van der Waals surface area contributed by atoms with Crippen molar-refractivity contribution in [2.45, 2.75) is 26.3 Å². The van der Waals surface area contributed by atoms with Crippen molar-refractivity contribution in [3.63, 3.8) is 0 Å². The van der Waals surface area contributed by atoms with Crippen LogP contribution in [0.3, 0.4) is 0 Å². The van der Waals surface area contributed by atoms with Crippen LogP contribution in [-0.4, -0.2) is 23.2 Å². The fourth-order valence-corrected chi connectivity index (χ4v) is 1.93. The molecular weight excluding hydrogens is 257 g/mol. The van der Waals surface area contributed by atoms with Crippen LogP contribution in [0.2, 0.25) is 0 Å². The molecule has 0 fully saturated rings. The monoisotopic (exact) mass is 277 g/mol. The summed E-state index contributed by atoms with van der Waals surface area (Å²) in [4.78, 5) is 12.7. The first-order valence-electron chi connectivity index (χ1n) is 6.35. The summed E-state index contributed by atoms with van der Waals surface area (Å²) < 4.78 is 13.4. The number of halogens is 1. The van der Waals surface area contributed by atoms with E-state index in [1.54, 1.807) is 12.1 Å². The van der Waals surface area contributed by atoms with Crippen molar-refractivity contribution in [2.24, 2.45) is 0 Å². The van der Waals surface area contributed by atoms with Gasteiger partial charge in [-0.15, -0.1) is 6.58 Å². The van der Waals surface area contributed by atoms with Crippen LogP contribution in [0.15, 0.2) is 36.9 Å². The van der Waals surface area contributed by atoms with Crippen molar-refractivity contribution >= 4 is 17.7 Å². The van der Waals surface area contributed by atoms with Crippen molar-refractivity contribution in [1.82, 2.24) is 0 Å². The van der Waals surface area contributed by atoms with Crippen LogP contribution in [0.5, 0.6) is 0 Å². The summed E-state index contributed by atoms with van der Waals surface area (Å²) in [5, 5.41) is 8.73. The SMILES string of the molecule is C=CCN(c1ccc(F)cc1/C=C/C(=O)O)C(C)(C)C. The van der Waals surface area contributed by atoms with E-state index in [-0.39, 0.29) is 5.54 Å². The third kappa shape index (κ3) is 4.23.